The Morgan fingerprint density at radius 3 is 2.56 bits per heavy atom. The molecule has 3 aromatic rings. The molecule has 0 aliphatic rings. The van der Waals surface area contributed by atoms with Crippen LogP contribution in [0.25, 0.3) is 11.0 Å². The first-order valence-electron chi connectivity index (χ1n) is 7.54. The molecule has 0 aliphatic heterocycles. The molecule has 1 unspecified atom stereocenters. The van der Waals surface area contributed by atoms with Gasteiger partial charge in [0.1, 0.15) is 6.04 Å². The van der Waals surface area contributed by atoms with Crippen molar-refractivity contribution in [2.75, 3.05) is 5.32 Å². The maximum Gasteiger partial charge on any atom is 0.435 e. The summed E-state index contributed by atoms with van der Waals surface area (Å²) < 4.78 is 41.1. The second-order valence-electron chi connectivity index (χ2n) is 5.76. The third kappa shape index (κ3) is 3.09. The number of benzene rings is 1. The molecule has 132 valence electrons. The van der Waals surface area contributed by atoms with E-state index in [4.69, 9.17) is 0 Å². The lowest BCUT2D eigenvalue weighted by atomic mass is 10.3. The number of aryl methyl sites for hydroxylation is 2. The van der Waals surface area contributed by atoms with Crippen molar-refractivity contribution in [3.8, 4) is 0 Å². The highest BCUT2D eigenvalue weighted by Crippen LogP contribution is 2.29. The predicted molar refractivity (Wildman–Crippen MR) is 86.0 cm³/mol. The summed E-state index contributed by atoms with van der Waals surface area (Å²) in [5.41, 5.74) is 0.773. The van der Waals surface area contributed by atoms with Gasteiger partial charge in [-0.05, 0) is 32.0 Å². The standard InChI is InChI=1S/C16H16F3N5O/c1-9-8-13(16(17,18)19)22-24(9)10(2)14(25)21-15-20-11-6-4-5-7-12(11)23(15)3/h4-8,10H,1-3H3,(H,20,21,25). The molecule has 25 heavy (non-hydrogen) atoms. The normalized spacial score (nSPS) is 13.2. The van der Waals surface area contributed by atoms with Gasteiger partial charge in [-0.3, -0.25) is 14.8 Å². The number of fused-ring (bicyclic) bond motifs is 1. The van der Waals surface area contributed by atoms with Gasteiger partial charge in [0, 0.05) is 12.7 Å². The van der Waals surface area contributed by atoms with Crippen LogP contribution in [-0.4, -0.2) is 25.2 Å². The van der Waals surface area contributed by atoms with Gasteiger partial charge in [-0.25, -0.2) is 4.98 Å². The summed E-state index contributed by atoms with van der Waals surface area (Å²) in [4.78, 5) is 16.8. The number of imidazole rings is 1. The number of hydrogen-bond acceptors (Lipinski definition) is 3. The minimum absolute atomic E-state index is 0.250. The molecule has 1 atom stereocenters. The van der Waals surface area contributed by atoms with Gasteiger partial charge in [0.2, 0.25) is 5.95 Å². The largest absolute Gasteiger partial charge is 0.435 e. The lowest BCUT2D eigenvalue weighted by Gasteiger charge is -2.14. The molecular formula is C16H16F3N5O. The topological polar surface area (TPSA) is 64.7 Å². The minimum Gasteiger partial charge on any atom is -0.313 e. The summed E-state index contributed by atoms with van der Waals surface area (Å²) in [5, 5.41) is 6.16. The number of aromatic nitrogens is 4. The van der Waals surface area contributed by atoms with Crippen LogP contribution in [-0.2, 0) is 18.0 Å². The van der Waals surface area contributed by atoms with Crippen LogP contribution in [0.5, 0.6) is 0 Å². The fraction of sp³-hybridized carbons (Fsp3) is 0.312. The number of anilines is 1. The number of carbonyl (C=O) groups is 1. The molecule has 0 aliphatic carbocycles. The van der Waals surface area contributed by atoms with Crippen LogP contribution in [0.15, 0.2) is 30.3 Å². The van der Waals surface area contributed by atoms with E-state index in [1.165, 1.54) is 13.8 Å². The van der Waals surface area contributed by atoms with E-state index in [1.54, 1.807) is 11.6 Å². The average Bonchev–Trinajstić information content (AvgIpc) is 3.08. The highest BCUT2D eigenvalue weighted by molar-refractivity contribution is 5.93. The zero-order chi connectivity index (χ0) is 18.4. The van der Waals surface area contributed by atoms with Crippen LogP contribution < -0.4 is 5.32 Å². The summed E-state index contributed by atoms with van der Waals surface area (Å²) in [5.74, 6) is -0.183. The molecule has 1 N–H and O–H groups in total. The molecule has 2 heterocycles. The highest BCUT2D eigenvalue weighted by Gasteiger charge is 2.35. The predicted octanol–water partition coefficient (Wildman–Crippen LogP) is 3.30. The molecule has 1 amide bonds. The van der Waals surface area contributed by atoms with Crippen molar-refractivity contribution in [3.63, 3.8) is 0 Å². The molecule has 3 rings (SSSR count). The number of nitrogens with one attached hydrogen (secondary N) is 1. The molecule has 1 aromatic carbocycles. The SMILES string of the molecule is Cc1cc(C(F)(F)F)nn1C(C)C(=O)Nc1nc2ccccc2n1C. The Balaban J connectivity index is 1.85. The van der Waals surface area contributed by atoms with E-state index in [2.05, 4.69) is 15.4 Å². The first-order valence-corrected chi connectivity index (χ1v) is 7.54. The summed E-state index contributed by atoms with van der Waals surface area (Å²) in [6.07, 6.45) is -4.55. The number of para-hydroxylation sites is 2. The van der Waals surface area contributed by atoms with Gasteiger partial charge in [0.25, 0.3) is 5.91 Å². The maximum atomic E-state index is 12.8. The lowest BCUT2D eigenvalue weighted by Crippen LogP contribution is -2.26. The number of rotatable bonds is 3. The van der Waals surface area contributed by atoms with Crippen molar-refractivity contribution in [2.45, 2.75) is 26.1 Å². The van der Waals surface area contributed by atoms with Gasteiger partial charge < -0.3 is 4.57 Å². The van der Waals surface area contributed by atoms with Gasteiger partial charge in [0.15, 0.2) is 5.69 Å². The molecule has 0 saturated heterocycles. The van der Waals surface area contributed by atoms with E-state index in [0.29, 0.717) is 11.5 Å². The average molecular weight is 351 g/mol. The monoisotopic (exact) mass is 351 g/mol. The van der Waals surface area contributed by atoms with E-state index in [0.717, 1.165) is 16.3 Å². The molecule has 0 fully saturated rings. The van der Waals surface area contributed by atoms with E-state index in [-0.39, 0.29) is 5.69 Å². The number of halogens is 3. The molecule has 0 spiro atoms. The second-order valence-corrected chi connectivity index (χ2v) is 5.76. The number of alkyl halides is 3. The first-order chi connectivity index (χ1) is 11.7. The van der Waals surface area contributed by atoms with E-state index < -0.39 is 23.8 Å². The number of carbonyl (C=O) groups excluding carboxylic acids is 1. The molecule has 6 nitrogen and oxygen atoms in total. The Kier molecular flexibility index (Phi) is 4.02. The van der Waals surface area contributed by atoms with Crippen molar-refractivity contribution in [1.82, 2.24) is 19.3 Å². The van der Waals surface area contributed by atoms with Gasteiger partial charge in [0.05, 0.1) is 11.0 Å². The summed E-state index contributed by atoms with van der Waals surface area (Å²) >= 11 is 0. The van der Waals surface area contributed by atoms with E-state index in [9.17, 15) is 18.0 Å². The Morgan fingerprint density at radius 2 is 1.96 bits per heavy atom. The molecule has 9 heteroatoms. The Morgan fingerprint density at radius 1 is 1.28 bits per heavy atom. The third-order valence-corrected chi connectivity index (χ3v) is 3.98. The maximum absolute atomic E-state index is 12.8. The van der Waals surface area contributed by atoms with E-state index in [1.807, 2.05) is 24.3 Å². The minimum atomic E-state index is -4.55. The fourth-order valence-corrected chi connectivity index (χ4v) is 2.60. The molecular weight excluding hydrogens is 335 g/mol. The summed E-state index contributed by atoms with van der Waals surface area (Å²) in [7, 11) is 1.75. The molecule has 0 saturated carbocycles. The van der Waals surface area contributed by atoms with Crippen molar-refractivity contribution < 1.29 is 18.0 Å². The van der Waals surface area contributed by atoms with Gasteiger partial charge in [-0.1, -0.05) is 12.1 Å². The summed E-state index contributed by atoms with van der Waals surface area (Å²) in [6.45, 7) is 2.96. The van der Waals surface area contributed by atoms with Crippen LogP contribution >= 0.6 is 0 Å². The number of hydrogen-bond donors (Lipinski definition) is 1. The second kappa shape index (κ2) is 5.91. The molecule has 0 bridgehead atoms. The third-order valence-electron chi connectivity index (χ3n) is 3.98. The van der Waals surface area contributed by atoms with Crippen LogP contribution in [0.1, 0.15) is 24.4 Å². The van der Waals surface area contributed by atoms with Gasteiger partial charge in [-0.2, -0.15) is 18.3 Å². The van der Waals surface area contributed by atoms with Crippen molar-refractivity contribution in [3.05, 3.63) is 41.7 Å². The number of nitrogens with zero attached hydrogens (tertiary/aromatic N) is 4. The quantitative estimate of drug-likeness (QED) is 0.787. The van der Waals surface area contributed by atoms with Crippen LogP contribution in [0, 0.1) is 6.92 Å². The number of amides is 1. The van der Waals surface area contributed by atoms with Gasteiger partial charge >= 0.3 is 6.18 Å². The smallest absolute Gasteiger partial charge is 0.313 e. The zero-order valence-electron chi connectivity index (χ0n) is 13.8. The van der Waals surface area contributed by atoms with Crippen molar-refractivity contribution in [2.24, 2.45) is 7.05 Å². The zero-order valence-corrected chi connectivity index (χ0v) is 13.8. The van der Waals surface area contributed by atoms with Crippen LogP contribution in [0.2, 0.25) is 0 Å². The lowest BCUT2D eigenvalue weighted by molar-refractivity contribution is -0.141. The molecule has 0 radical (unpaired) electrons. The van der Waals surface area contributed by atoms with E-state index >= 15 is 0 Å². The fourth-order valence-electron chi connectivity index (χ4n) is 2.60. The highest BCUT2D eigenvalue weighted by atomic mass is 19.4. The van der Waals surface area contributed by atoms with Crippen molar-refractivity contribution in [1.29, 1.82) is 0 Å². The van der Waals surface area contributed by atoms with Gasteiger partial charge in [-0.15, -0.1) is 0 Å². The first kappa shape index (κ1) is 17.0. The molecule has 2 aromatic heterocycles. The summed E-state index contributed by atoms with van der Waals surface area (Å²) in [6, 6.07) is 7.34. The Bertz CT molecular complexity index is 941. The Labute approximate surface area is 141 Å². The van der Waals surface area contributed by atoms with Crippen LogP contribution in [0.3, 0.4) is 0 Å². The van der Waals surface area contributed by atoms with Crippen LogP contribution in [0.4, 0.5) is 19.1 Å². The van der Waals surface area contributed by atoms with Crippen molar-refractivity contribution >= 4 is 22.9 Å². The Hall–Kier alpha value is -2.84.